The van der Waals surface area contributed by atoms with Gasteiger partial charge in [0.25, 0.3) is 0 Å². The number of anilines is 1. The van der Waals surface area contributed by atoms with E-state index in [9.17, 15) is 9.59 Å². The van der Waals surface area contributed by atoms with E-state index < -0.39 is 0 Å². The van der Waals surface area contributed by atoms with Crippen molar-refractivity contribution in [1.29, 1.82) is 0 Å². The molecular formula is C19H22N8O2. The average Bonchev–Trinajstić information content (AvgIpc) is 3.38. The van der Waals surface area contributed by atoms with E-state index in [0.29, 0.717) is 23.7 Å². The summed E-state index contributed by atoms with van der Waals surface area (Å²) in [7, 11) is 1.78. The Kier molecular flexibility index (Phi) is 4.75. The zero-order chi connectivity index (χ0) is 20.5. The van der Waals surface area contributed by atoms with Crippen LogP contribution in [0.15, 0.2) is 41.7 Å². The lowest BCUT2D eigenvalue weighted by Crippen LogP contribution is -2.26. The van der Waals surface area contributed by atoms with Crippen LogP contribution in [0.4, 0.5) is 5.69 Å². The smallest absolute Gasteiger partial charge is 0.321 e. The largest absolute Gasteiger partial charge is 0.329 e. The fourth-order valence-electron chi connectivity index (χ4n) is 3.58. The van der Waals surface area contributed by atoms with E-state index >= 15 is 0 Å². The highest BCUT2D eigenvalue weighted by molar-refractivity contribution is 5.93. The zero-order valence-electron chi connectivity index (χ0n) is 16.5. The summed E-state index contributed by atoms with van der Waals surface area (Å²) < 4.78 is 6.54. The van der Waals surface area contributed by atoms with Crippen LogP contribution in [0.2, 0.25) is 0 Å². The third-order valence-electron chi connectivity index (χ3n) is 4.90. The van der Waals surface area contributed by atoms with Crippen molar-refractivity contribution in [2.45, 2.75) is 33.4 Å². The highest BCUT2D eigenvalue weighted by Gasteiger charge is 2.19. The molecule has 3 heterocycles. The van der Waals surface area contributed by atoms with Crippen molar-refractivity contribution in [2.24, 2.45) is 7.05 Å². The van der Waals surface area contributed by atoms with Gasteiger partial charge in [-0.1, -0.05) is 12.1 Å². The maximum Gasteiger partial charge on any atom is 0.329 e. The van der Waals surface area contributed by atoms with Crippen LogP contribution in [0, 0.1) is 6.92 Å². The van der Waals surface area contributed by atoms with Crippen LogP contribution in [0.25, 0.3) is 16.9 Å². The number of carbonyl (C=O) groups is 1. The van der Waals surface area contributed by atoms with Gasteiger partial charge in [-0.15, -0.1) is 0 Å². The molecule has 29 heavy (non-hydrogen) atoms. The first-order chi connectivity index (χ1) is 14.0. The van der Waals surface area contributed by atoms with E-state index in [1.165, 1.54) is 6.33 Å². The molecule has 0 aliphatic carbocycles. The van der Waals surface area contributed by atoms with Gasteiger partial charge in [0, 0.05) is 26.6 Å². The molecule has 0 saturated carbocycles. The van der Waals surface area contributed by atoms with Gasteiger partial charge in [-0.05, 0) is 26.0 Å². The van der Waals surface area contributed by atoms with Gasteiger partial charge in [-0.25, -0.2) is 19.1 Å². The van der Waals surface area contributed by atoms with Gasteiger partial charge in [0.15, 0.2) is 5.82 Å². The Hall–Kier alpha value is -3.69. The Morgan fingerprint density at radius 2 is 1.90 bits per heavy atom. The van der Waals surface area contributed by atoms with Gasteiger partial charge in [-0.2, -0.15) is 10.2 Å². The van der Waals surface area contributed by atoms with E-state index in [1.807, 2.05) is 38.1 Å². The third-order valence-corrected chi connectivity index (χ3v) is 4.90. The number of benzene rings is 1. The highest BCUT2D eigenvalue weighted by Crippen LogP contribution is 2.23. The molecule has 0 fully saturated rings. The Labute approximate surface area is 166 Å². The van der Waals surface area contributed by atoms with Gasteiger partial charge >= 0.3 is 5.69 Å². The van der Waals surface area contributed by atoms with Crippen LogP contribution < -0.4 is 11.0 Å². The molecule has 0 spiro atoms. The number of para-hydroxylation sites is 2. The van der Waals surface area contributed by atoms with E-state index in [0.717, 1.165) is 11.0 Å². The van der Waals surface area contributed by atoms with E-state index in [1.54, 1.807) is 31.9 Å². The molecule has 4 rings (SSSR count). The fraction of sp³-hybridized carbons (Fsp3) is 0.316. The summed E-state index contributed by atoms with van der Waals surface area (Å²) in [5.41, 5.74) is 2.84. The Morgan fingerprint density at radius 1 is 1.17 bits per heavy atom. The van der Waals surface area contributed by atoms with Crippen LogP contribution in [0.5, 0.6) is 0 Å². The SMILES string of the molecule is CCn1c(=O)n(CCC(=O)Nc2c(C)nn(C)c2-n2cncn2)c2ccccc21. The lowest BCUT2D eigenvalue weighted by molar-refractivity contribution is -0.116. The Bertz CT molecular complexity index is 1230. The van der Waals surface area contributed by atoms with Crippen LogP contribution >= 0.6 is 0 Å². The number of aromatic nitrogens is 7. The second kappa shape index (κ2) is 7.38. The molecule has 10 heteroatoms. The Morgan fingerprint density at radius 3 is 2.55 bits per heavy atom. The first-order valence-corrected chi connectivity index (χ1v) is 9.37. The molecule has 0 saturated heterocycles. The minimum absolute atomic E-state index is 0.109. The summed E-state index contributed by atoms with van der Waals surface area (Å²) in [5, 5.41) is 11.4. The van der Waals surface area contributed by atoms with Crippen LogP contribution in [-0.4, -0.2) is 39.6 Å². The summed E-state index contributed by atoms with van der Waals surface area (Å²) in [6, 6.07) is 7.61. The topological polar surface area (TPSA) is 105 Å². The molecule has 10 nitrogen and oxygen atoms in total. The number of nitrogens with one attached hydrogen (secondary N) is 1. The summed E-state index contributed by atoms with van der Waals surface area (Å²) in [6.45, 7) is 4.61. The molecule has 0 aliphatic rings. The summed E-state index contributed by atoms with van der Waals surface area (Å²) in [5.74, 6) is 0.413. The number of hydrogen-bond acceptors (Lipinski definition) is 5. The Balaban J connectivity index is 1.57. The first kappa shape index (κ1) is 18.7. The lowest BCUT2D eigenvalue weighted by Gasteiger charge is -2.08. The second-order valence-electron chi connectivity index (χ2n) is 6.71. The summed E-state index contributed by atoms with van der Waals surface area (Å²) in [6.07, 6.45) is 3.12. The number of amides is 1. The molecule has 1 amide bonds. The van der Waals surface area contributed by atoms with Crippen molar-refractivity contribution in [3.8, 4) is 5.82 Å². The monoisotopic (exact) mass is 394 g/mol. The van der Waals surface area contributed by atoms with Gasteiger partial charge < -0.3 is 5.32 Å². The molecular weight excluding hydrogens is 372 g/mol. The molecule has 3 aromatic heterocycles. The highest BCUT2D eigenvalue weighted by atomic mass is 16.2. The van der Waals surface area contributed by atoms with Crippen LogP contribution in [0.1, 0.15) is 19.0 Å². The molecule has 1 aromatic carbocycles. The number of imidazole rings is 1. The number of nitrogens with zero attached hydrogens (tertiary/aromatic N) is 7. The van der Waals surface area contributed by atoms with Gasteiger partial charge in [0.05, 0.1) is 16.7 Å². The van der Waals surface area contributed by atoms with Crippen molar-refractivity contribution in [2.75, 3.05) is 5.32 Å². The van der Waals surface area contributed by atoms with Crippen molar-refractivity contribution in [3.63, 3.8) is 0 Å². The normalized spacial score (nSPS) is 11.3. The molecule has 4 aromatic rings. The minimum atomic E-state index is -0.206. The van der Waals surface area contributed by atoms with Crippen molar-refractivity contribution >= 4 is 22.6 Å². The standard InChI is InChI=1S/C19H22N8O2/c1-4-25-14-7-5-6-8-15(14)26(19(25)29)10-9-16(28)22-17-13(2)23-24(3)18(17)27-12-20-11-21-27/h5-8,11-12H,4,9-10H2,1-3H3,(H,22,28). The maximum absolute atomic E-state index is 12.7. The van der Waals surface area contributed by atoms with Crippen molar-refractivity contribution in [3.05, 3.63) is 53.1 Å². The molecule has 150 valence electrons. The minimum Gasteiger partial charge on any atom is -0.321 e. The molecule has 0 bridgehead atoms. The quantitative estimate of drug-likeness (QED) is 0.533. The molecule has 1 N–H and O–H groups in total. The molecule has 0 radical (unpaired) electrons. The summed E-state index contributed by atoms with van der Waals surface area (Å²) in [4.78, 5) is 29.3. The third kappa shape index (κ3) is 3.22. The van der Waals surface area contributed by atoms with Crippen molar-refractivity contribution in [1.82, 2.24) is 33.7 Å². The van der Waals surface area contributed by atoms with Gasteiger partial charge in [0.2, 0.25) is 5.91 Å². The number of fused-ring (bicyclic) bond motifs is 1. The summed E-state index contributed by atoms with van der Waals surface area (Å²) >= 11 is 0. The zero-order valence-corrected chi connectivity index (χ0v) is 16.5. The number of rotatable bonds is 6. The average molecular weight is 394 g/mol. The fourth-order valence-corrected chi connectivity index (χ4v) is 3.58. The number of carbonyl (C=O) groups excluding carboxylic acids is 1. The molecule has 0 atom stereocenters. The van der Waals surface area contributed by atoms with E-state index in [2.05, 4.69) is 20.5 Å². The number of hydrogen-bond donors (Lipinski definition) is 1. The first-order valence-electron chi connectivity index (χ1n) is 9.37. The molecule has 0 unspecified atom stereocenters. The van der Waals surface area contributed by atoms with Crippen LogP contribution in [0.3, 0.4) is 0 Å². The second-order valence-corrected chi connectivity index (χ2v) is 6.71. The van der Waals surface area contributed by atoms with Gasteiger partial charge in [-0.3, -0.25) is 13.9 Å². The molecule has 0 aliphatic heterocycles. The lowest BCUT2D eigenvalue weighted by atomic mass is 10.3. The predicted octanol–water partition coefficient (Wildman–Crippen LogP) is 1.47. The van der Waals surface area contributed by atoms with Crippen molar-refractivity contribution < 1.29 is 4.79 Å². The van der Waals surface area contributed by atoms with Crippen LogP contribution in [-0.2, 0) is 24.9 Å². The van der Waals surface area contributed by atoms with E-state index in [-0.39, 0.29) is 24.6 Å². The maximum atomic E-state index is 12.7. The number of aryl methyl sites for hydroxylation is 4. The predicted molar refractivity (Wildman–Crippen MR) is 108 cm³/mol. The van der Waals surface area contributed by atoms with E-state index in [4.69, 9.17) is 0 Å². The van der Waals surface area contributed by atoms with Gasteiger partial charge in [0.1, 0.15) is 18.3 Å².